The van der Waals surface area contributed by atoms with E-state index in [0.717, 1.165) is 16.7 Å². The van der Waals surface area contributed by atoms with Gasteiger partial charge >= 0.3 is 0 Å². The SMILES string of the molecule is O=C(NNS(=O)(=O)/C=C/c1ccccc1)c1cncn1-c1ccccc1. The molecule has 3 rings (SSSR count). The number of hydrogen-bond donors (Lipinski definition) is 2. The minimum atomic E-state index is -3.84. The molecule has 0 aliphatic rings. The van der Waals surface area contributed by atoms with Gasteiger partial charge in [0.2, 0.25) is 0 Å². The molecule has 7 nitrogen and oxygen atoms in total. The maximum Gasteiger partial charge on any atom is 0.284 e. The first kappa shape index (κ1) is 17.6. The molecular weight excluding hydrogens is 352 g/mol. The largest absolute Gasteiger partial charge is 0.295 e. The molecular formula is C18H16N4O3S. The maximum atomic E-state index is 12.3. The van der Waals surface area contributed by atoms with E-state index in [1.807, 2.05) is 41.2 Å². The number of imidazole rings is 1. The lowest BCUT2D eigenvalue weighted by Crippen LogP contribution is -2.41. The molecule has 132 valence electrons. The Morgan fingerprint density at radius 1 is 1.00 bits per heavy atom. The minimum Gasteiger partial charge on any atom is -0.295 e. The van der Waals surface area contributed by atoms with Gasteiger partial charge in [0.25, 0.3) is 15.9 Å². The Kier molecular flexibility index (Phi) is 5.26. The number of carbonyl (C=O) groups excluding carboxylic acids is 1. The number of nitrogens with one attached hydrogen (secondary N) is 2. The summed E-state index contributed by atoms with van der Waals surface area (Å²) in [6.07, 6.45) is 4.27. The molecule has 0 atom stereocenters. The molecule has 0 fully saturated rings. The zero-order valence-corrected chi connectivity index (χ0v) is 14.4. The van der Waals surface area contributed by atoms with Crippen molar-refractivity contribution in [2.45, 2.75) is 0 Å². The number of aromatic nitrogens is 2. The highest BCUT2D eigenvalue weighted by atomic mass is 32.2. The van der Waals surface area contributed by atoms with E-state index in [1.54, 1.807) is 28.8 Å². The zero-order chi connectivity index (χ0) is 18.4. The number of amides is 1. The van der Waals surface area contributed by atoms with Gasteiger partial charge in [0, 0.05) is 11.1 Å². The lowest BCUT2D eigenvalue weighted by atomic mass is 10.2. The molecule has 0 unspecified atom stereocenters. The van der Waals surface area contributed by atoms with Crippen LogP contribution in [0.1, 0.15) is 16.1 Å². The van der Waals surface area contributed by atoms with Gasteiger partial charge < -0.3 is 0 Å². The summed E-state index contributed by atoms with van der Waals surface area (Å²) in [5, 5.41) is 0.983. The first-order valence-electron chi connectivity index (χ1n) is 7.68. The van der Waals surface area contributed by atoms with Crippen molar-refractivity contribution in [3.05, 3.63) is 89.9 Å². The second kappa shape index (κ2) is 7.77. The monoisotopic (exact) mass is 368 g/mol. The number of hydrogen-bond acceptors (Lipinski definition) is 4. The van der Waals surface area contributed by atoms with Crippen LogP contribution in [0.4, 0.5) is 0 Å². The van der Waals surface area contributed by atoms with Crippen LogP contribution in [0.5, 0.6) is 0 Å². The van der Waals surface area contributed by atoms with Gasteiger partial charge in [-0.3, -0.25) is 14.8 Å². The molecule has 0 bridgehead atoms. The molecule has 0 spiro atoms. The summed E-state index contributed by atoms with van der Waals surface area (Å²) in [6.45, 7) is 0. The summed E-state index contributed by atoms with van der Waals surface area (Å²) in [5.74, 6) is -0.622. The van der Waals surface area contributed by atoms with Gasteiger partial charge in [-0.05, 0) is 23.8 Å². The minimum absolute atomic E-state index is 0.200. The standard InChI is InChI=1S/C18H16N4O3S/c23-18(17-13-19-14-22(17)16-9-5-2-6-10-16)20-21-26(24,25)12-11-15-7-3-1-4-8-15/h1-14,21H,(H,20,23)/b12-11+. The third-order valence-electron chi connectivity index (χ3n) is 3.45. The topological polar surface area (TPSA) is 93.1 Å². The Bertz CT molecular complexity index is 1010. The van der Waals surface area contributed by atoms with E-state index in [9.17, 15) is 13.2 Å². The molecule has 26 heavy (non-hydrogen) atoms. The van der Waals surface area contributed by atoms with Crippen LogP contribution in [-0.4, -0.2) is 23.9 Å². The summed E-state index contributed by atoms with van der Waals surface area (Å²) < 4.78 is 25.6. The predicted octanol–water partition coefficient (Wildman–Crippen LogP) is 2.11. The first-order valence-corrected chi connectivity index (χ1v) is 9.23. The predicted molar refractivity (Wildman–Crippen MR) is 98.6 cm³/mol. The second-order valence-electron chi connectivity index (χ2n) is 5.30. The Morgan fingerprint density at radius 2 is 1.65 bits per heavy atom. The van der Waals surface area contributed by atoms with Crippen molar-refractivity contribution in [3.8, 4) is 5.69 Å². The van der Waals surface area contributed by atoms with Gasteiger partial charge in [-0.15, -0.1) is 4.83 Å². The molecule has 0 saturated heterocycles. The molecule has 0 aliphatic carbocycles. The van der Waals surface area contributed by atoms with E-state index < -0.39 is 15.9 Å². The van der Waals surface area contributed by atoms with Crippen LogP contribution in [0.3, 0.4) is 0 Å². The zero-order valence-electron chi connectivity index (χ0n) is 13.6. The number of sulfonamides is 1. The smallest absolute Gasteiger partial charge is 0.284 e. The third-order valence-corrected chi connectivity index (χ3v) is 4.33. The van der Waals surface area contributed by atoms with Crippen molar-refractivity contribution in [2.75, 3.05) is 0 Å². The molecule has 0 saturated carbocycles. The fourth-order valence-electron chi connectivity index (χ4n) is 2.21. The van der Waals surface area contributed by atoms with Crippen LogP contribution < -0.4 is 10.3 Å². The van der Waals surface area contributed by atoms with E-state index in [2.05, 4.69) is 10.4 Å². The van der Waals surface area contributed by atoms with Crippen molar-refractivity contribution in [1.82, 2.24) is 19.8 Å². The molecule has 2 aromatic carbocycles. The van der Waals surface area contributed by atoms with Crippen molar-refractivity contribution < 1.29 is 13.2 Å². The normalized spacial score (nSPS) is 11.5. The Balaban J connectivity index is 1.68. The van der Waals surface area contributed by atoms with E-state index in [0.29, 0.717) is 0 Å². The van der Waals surface area contributed by atoms with E-state index in [-0.39, 0.29) is 5.69 Å². The Hall–Kier alpha value is -3.23. The fourth-order valence-corrected chi connectivity index (χ4v) is 2.84. The van der Waals surface area contributed by atoms with Crippen LogP contribution in [0.25, 0.3) is 11.8 Å². The van der Waals surface area contributed by atoms with Crippen LogP contribution >= 0.6 is 0 Å². The van der Waals surface area contributed by atoms with Crippen molar-refractivity contribution in [3.63, 3.8) is 0 Å². The second-order valence-corrected chi connectivity index (χ2v) is 6.87. The molecule has 1 heterocycles. The average Bonchev–Trinajstić information content (AvgIpc) is 3.16. The highest BCUT2D eigenvalue weighted by Gasteiger charge is 2.15. The van der Waals surface area contributed by atoms with Crippen LogP contribution in [0.15, 0.2) is 78.6 Å². The highest BCUT2D eigenvalue weighted by Crippen LogP contribution is 2.10. The van der Waals surface area contributed by atoms with Crippen LogP contribution in [-0.2, 0) is 10.0 Å². The molecule has 0 aliphatic heterocycles. The third kappa shape index (κ3) is 4.44. The van der Waals surface area contributed by atoms with Gasteiger partial charge in [0.1, 0.15) is 5.69 Å². The molecule has 8 heteroatoms. The average molecular weight is 368 g/mol. The van der Waals surface area contributed by atoms with Gasteiger partial charge in [-0.2, -0.15) is 0 Å². The Labute approximate surface area is 151 Å². The summed E-state index contributed by atoms with van der Waals surface area (Å²) in [4.78, 5) is 18.3. The number of rotatable bonds is 6. The fraction of sp³-hybridized carbons (Fsp3) is 0. The summed E-state index contributed by atoms with van der Waals surface area (Å²) in [7, 11) is -3.84. The summed E-state index contributed by atoms with van der Waals surface area (Å²) >= 11 is 0. The molecule has 0 radical (unpaired) electrons. The quantitative estimate of drug-likeness (QED) is 0.652. The maximum absolute atomic E-state index is 12.3. The van der Waals surface area contributed by atoms with Gasteiger partial charge in [0.15, 0.2) is 0 Å². The van der Waals surface area contributed by atoms with Crippen molar-refractivity contribution in [1.29, 1.82) is 0 Å². The van der Waals surface area contributed by atoms with Crippen LogP contribution in [0, 0.1) is 0 Å². The molecule has 2 N–H and O–H groups in total. The highest BCUT2D eigenvalue weighted by molar-refractivity contribution is 7.92. The molecule has 3 aromatic rings. The number of benzene rings is 2. The Morgan fingerprint density at radius 3 is 2.35 bits per heavy atom. The van der Waals surface area contributed by atoms with Gasteiger partial charge in [0.05, 0.1) is 12.5 Å². The first-order chi connectivity index (χ1) is 12.6. The van der Waals surface area contributed by atoms with Crippen molar-refractivity contribution >= 4 is 22.0 Å². The van der Waals surface area contributed by atoms with E-state index in [1.165, 1.54) is 18.6 Å². The number of para-hydroxylation sites is 1. The van der Waals surface area contributed by atoms with Crippen LogP contribution in [0.2, 0.25) is 0 Å². The number of hydrazine groups is 1. The van der Waals surface area contributed by atoms with Gasteiger partial charge in [-0.1, -0.05) is 48.5 Å². The number of nitrogens with zero attached hydrogens (tertiary/aromatic N) is 2. The number of carbonyl (C=O) groups is 1. The summed E-state index contributed by atoms with van der Waals surface area (Å²) in [6, 6.07) is 18.1. The molecule has 1 aromatic heterocycles. The molecule has 1 amide bonds. The lowest BCUT2D eigenvalue weighted by molar-refractivity contribution is 0.0938. The van der Waals surface area contributed by atoms with Gasteiger partial charge in [-0.25, -0.2) is 13.4 Å². The van der Waals surface area contributed by atoms with E-state index >= 15 is 0 Å². The lowest BCUT2D eigenvalue weighted by Gasteiger charge is -2.09. The summed E-state index contributed by atoms with van der Waals surface area (Å²) in [5.41, 5.74) is 3.85. The van der Waals surface area contributed by atoms with Crippen molar-refractivity contribution in [2.24, 2.45) is 0 Å². The van der Waals surface area contributed by atoms with E-state index in [4.69, 9.17) is 0 Å².